The van der Waals surface area contributed by atoms with Crippen LogP contribution in [0.15, 0.2) is 5.10 Å². The molecule has 1 heterocycles. The highest BCUT2D eigenvalue weighted by atomic mass is 28.4. The third kappa shape index (κ3) is 12.0. The molecule has 0 aromatic heterocycles. The van der Waals surface area contributed by atoms with Gasteiger partial charge in [0.25, 0.3) is 0 Å². The lowest BCUT2D eigenvalue weighted by molar-refractivity contribution is 0.117. The van der Waals surface area contributed by atoms with Crippen LogP contribution in [0, 0.1) is 11.8 Å². The molecule has 0 saturated carbocycles. The van der Waals surface area contributed by atoms with E-state index >= 15 is 0 Å². The molecule has 0 aromatic carbocycles. The van der Waals surface area contributed by atoms with Crippen LogP contribution < -0.4 is 0 Å². The van der Waals surface area contributed by atoms with Crippen molar-refractivity contribution in [2.75, 3.05) is 33.5 Å². The first kappa shape index (κ1) is 28.8. The summed E-state index contributed by atoms with van der Waals surface area (Å²) >= 11 is 0. The van der Waals surface area contributed by atoms with Crippen LogP contribution in [0.3, 0.4) is 0 Å². The zero-order chi connectivity index (χ0) is 23.5. The summed E-state index contributed by atoms with van der Waals surface area (Å²) in [6.07, 6.45) is 8.00. The molecule has 1 aliphatic heterocycles. The van der Waals surface area contributed by atoms with Crippen molar-refractivity contribution >= 4 is 22.3 Å². The summed E-state index contributed by atoms with van der Waals surface area (Å²) in [5, 5.41) is 7.69. The Morgan fingerprint density at radius 3 is 2.06 bits per heavy atom. The number of rotatable bonds is 16. The minimum atomic E-state index is -1.49. The molecule has 184 valence electrons. The topological polar surface area (TPSA) is 43.3 Å². The second-order valence-corrected chi connectivity index (χ2v) is 20.0. The highest BCUT2D eigenvalue weighted by Gasteiger charge is 2.28. The van der Waals surface area contributed by atoms with E-state index in [1.54, 1.807) is 7.11 Å². The summed E-state index contributed by atoms with van der Waals surface area (Å²) in [5.41, 5.74) is 1.40. The maximum atomic E-state index is 6.23. The highest BCUT2D eigenvalue weighted by Crippen LogP contribution is 2.27. The fraction of sp³-hybridized carbons (Fsp3) is 0.958. The van der Waals surface area contributed by atoms with Crippen molar-refractivity contribution in [3.8, 4) is 0 Å². The quantitative estimate of drug-likeness (QED) is 0.148. The third-order valence-corrected chi connectivity index (χ3v) is 8.14. The lowest BCUT2D eigenvalue weighted by Crippen LogP contribution is -2.34. The zero-order valence-corrected chi connectivity index (χ0v) is 24.1. The summed E-state index contributed by atoms with van der Waals surface area (Å²) in [4.78, 5) is 0. The molecule has 7 heteroatoms. The fourth-order valence-corrected chi connectivity index (χ4v) is 5.78. The van der Waals surface area contributed by atoms with E-state index in [1.165, 1.54) is 18.6 Å². The Kier molecular flexibility index (Phi) is 13.1. The zero-order valence-electron chi connectivity index (χ0n) is 22.1. The van der Waals surface area contributed by atoms with Gasteiger partial charge in [-0.15, -0.1) is 0 Å². The van der Waals surface area contributed by atoms with Crippen LogP contribution in [0.2, 0.25) is 39.3 Å². The van der Waals surface area contributed by atoms with Gasteiger partial charge in [-0.2, -0.15) is 5.10 Å². The Morgan fingerprint density at radius 1 is 0.935 bits per heavy atom. The Hall–Kier alpha value is -0.216. The Balaban J connectivity index is 2.96. The molecule has 0 aromatic rings. The lowest BCUT2D eigenvalue weighted by atomic mass is 9.84. The maximum Gasteiger partial charge on any atom is 0.183 e. The van der Waals surface area contributed by atoms with E-state index in [4.69, 9.17) is 18.7 Å². The van der Waals surface area contributed by atoms with Gasteiger partial charge in [0.2, 0.25) is 0 Å². The van der Waals surface area contributed by atoms with Crippen LogP contribution in [-0.4, -0.2) is 66.9 Å². The van der Waals surface area contributed by atoms with Crippen molar-refractivity contribution < 1.29 is 13.6 Å². The number of hydrogen-bond donors (Lipinski definition) is 0. The summed E-state index contributed by atoms with van der Waals surface area (Å²) in [5.74, 6) is 1.01. The van der Waals surface area contributed by atoms with Gasteiger partial charge >= 0.3 is 0 Å². The molecule has 5 nitrogen and oxygen atoms in total. The lowest BCUT2D eigenvalue weighted by Gasteiger charge is -2.30. The molecule has 0 unspecified atom stereocenters. The first-order valence-corrected chi connectivity index (χ1v) is 19.4. The van der Waals surface area contributed by atoms with Gasteiger partial charge in [0.05, 0.1) is 12.6 Å². The molecule has 0 amide bonds. The standard InChI is InChI=1S/C24H52N2O3Si2/c1-10-21(14-13-18-28-30(4,5)6)24(22(11-2)16-19-29-31(7,8)9)25-26-17-12-15-23(26)20-27-3/h21-23H,10-20H2,1-9H3/t21-,22-,23-/m0/s1. The molecule has 0 aliphatic carbocycles. The molecule has 0 radical (unpaired) electrons. The number of hydrogen-bond acceptors (Lipinski definition) is 5. The first-order valence-electron chi connectivity index (χ1n) is 12.6. The van der Waals surface area contributed by atoms with E-state index < -0.39 is 16.6 Å². The predicted molar refractivity (Wildman–Crippen MR) is 139 cm³/mol. The van der Waals surface area contributed by atoms with Crippen LogP contribution >= 0.6 is 0 Å². The summed E-state index contributed by atoms with van der Waals surface area (Å²) in [7, 11) is -1.13. The monoisotopic (exact) mass is 472 g/mol. The highest BCUT2D eigenvalue weighted by molar-refractivity contribution is 6.70. The van der Waals surface area contributed by atoms with Crippen LogP contribution in [0.1, 0.15) is 58.8 Å². The number of nitrogens with zero attached hydrogens (tertiary/aromatic N) is 2. The van der Waals surface area contributed by atoms with Crippen molar-refractivity contribution in [2.45, 2.75) is 104 Å². The Morgan fingerprint density at radius 2 is 1.52 bits per heavy atom. The number of hydrazone groups is 1. The van der Waals surface area contributed by atoms with Gasteiger partial charge in [-0.05, 0) is 90.1 Å². The minimum absolute atomic E-state index is 0.420. The molecule has 3 atom stereocenters. The van der Waals surface area contributed by atoms with Crippen LogP contribution in [0.5, 0.6) is 0 Å². The van der Waals surface area contributed by atoms with Gasteiger partial charge in [0.15, 0.2) is 16.6 Å². The molecule has 0 N–H and O–H groups in total. The first-order chi connectivity index (χ1) is 14.5. The molecular formula is C24H52N2O3Si2. The molecule has 1 rings (SSSR count). The van der Waals surface area contributed by atoms with E-state index in [2.05, 4.69) is 58.1 Å². The molecular weight excluding hydrogens is 420 g/mol. The molecule has 0 spiro atoms. The second-order valence-electron chi connectivity index (χ2n) is 11.0. The third-order valence-electron chi connectivity index (χ3n) is 6.00. The van der Waals surface area contributed by atoms with Gasteiger partial charge in [-0.3, -0.25) is 5.01 Å². The van der Waals surface area contributed by atoms with Crippen LogP contribution in [-0.2, 0) is 13.6 Å². The van der Waals surface area contributed by atoms with Gasteiger partial charge in [0, 0.05) is 38.5 Å². The van der Waals surface area contributed by atoms with E-state index in [-0.39, 0.29) is 0 Å². The van der Waals surface area contributed by atoms with E-state index in [1.807, 2.05) is 0 Å². The molecule has 31 heavy (non-hydrogen) atoms. The molecule has 1 saturated heterocycles. The summed E-state index contributed by atoms with van der Waals surface area (Å²) in [6, 6.07) is 0.420. The predicted octanol–water partition coefficient (Wildman–Crippen LogP) is 6.38. The van der Waals surface area contributed by atoms with E-state index in [0.29, 0.717) is 17.9 Å². The molecule has 0 bridgehead atoms. The van der Waals surface area contributed by atoms with Crippen LogP contribution in [0.4, 0.5) is 0 Å². The maximum absolute atomic E-state index is 6.23. The van der Waals surface area contributed by atoms with E-state index in [0.717, 1.165) is 58.5 Å². The number of ether oxygens (including phenoxy) is 1. The van der Waals surface area contributed by atoms with Gasteiger partial charge in [0.1, 0.15) is 0 Å². The molecule has 1 aliphatic rings. The minimum Gasteiger partial charge on any atom is -0.418 e. The molecule has 1 fully saturated rings. The Labute approximate surface area is 195 Å². The van der Waals surface area contributed by atoms with Crippen molar-refractivity contribution in [2.24, 2.45) is 16.9 Å². The number of methoxy groups -OCH3 is 1. The van der Waals surface area contributed by atoms with Crippen molar-refractivity contribution in [3.63, 3.8) is 0 Å². The smallest absolute Gasteiger partial charge is 0.183 e. The van der Waals surface area contributed by atoms with Gasteiger partial charge in [-0.1, -0.05) is 13.8 Å². The normalized spacial score (nSPS) is 20.4. The largest absolute Gasteiger partial charge is 0.418 e. The average Bonchev–Trinajstić information content (AvgIpc) is 3.10. The second kappa shape index (κ2) is 14.1. The van der Waals surface area contributed by atoms with Crippen molar-refractivity contribution in [1.82, 2.24) is 5.01 Å². The Bertz CT molecular complexity index is 518. The van der Waals surface area contributed by atoms with Crippen LogP contribution in [0.25, 0.3) is 0 Å². The van der Waals surface area contributed by atoms with Crippen molar-refractivity contribution in [3.05, 3.63) is 0 Å². The van der Waals surface area contributed by atoms with E-state index in [9.17, 15) is 0 Å². The SMILES string of the molecule is CC[C@@H](CCCO[Si](C)(C)C)C(=NN1CCC[C@H]1COC)[C@@H](CC)CCO[Si](C)(C)C. The summed E-state index contributed by atoms with van der Waals surface area (Å²) in [6.45, 7) is 21.8. The van der Waals surface area contributed by atoms with Gasteiger partial charge < -0.3 is 13.6 Å². The van der Waals surface area contributed by atoms with Crippen molar-refractivity contribution in [1.29, 1.82) is 0 Å². The van der Waals surface area contributed by atoms with Gasteiger partial charge in [-0.25, -0.2) is 0 Å². The fourth-order valence-electron chi connectivity index (χ4n) is 4.30. The average molecular weight is 473 g/mol. The summed E-state index contributed by atoms with van der Waals surface area (Å²) < 4.78 is 17.8.